The smallest absolute Gasteiger partial charge is 0.270 e. The molecule has 0 unspecified atom stereocenters. The molecule has 0 spiro atoms. The lowest BCUT2D eigenvalue weighted by Crippen LogP contribution is -2.17. The van der Waals surface area contributed by atoms with Crippen molar-refractivity contribution < 1.29 is 4.92 Å². The Morgan fingerprint density at radius 3 is 2.58 bits per heavy atom. The van der Waals surface area contributed by atoms with Crippen molar-refractivity contribution in [2.75, 3.05) is 23.3 Å². The molecule has 3 aromatic rings. The highest BCUT2D eigenvalue weighted by molar-refractivity contribution is 7.22. The second kappa shape index (κ2) is 6.09. The molecule has 6 nitrogen and oxygen atoms in total. The number of fused-ring (bicyclic) bond motifs is 1. The number of non-ortho nitro benzene ring substituents is 1. The van der Waals surface area contributed by atoms with Gasteiger partial charge in [-0.2, -0.15) is 0 Å². The van der Waals surface area contributed by atoms with Crippen molar-refractivity contribution in [2.24, 2.45) is 0 Å². The number of hydrogen-bond donors (Lipinski definition) is 1. The molecule has 7 heteroatoms. The molecular formula is C17H16N4O2S. The lowest BCUT2D eigenvalue weighted by molar-refractivity contribution is -0.384. The number of hydrogen-bond acceptors (Lipinski definition) is 6. The predicted octanol–water partition coefficient (Wildman–Crippen LogP) is 4.55. The summed E-state index contributed by atoms with van der Waals surface area (Å²) in [5.74, 6) is 0. The van der Waals surface area contributed by atoms with Crippen LogP contribution in [0.2, 0.25) is 0 Å². The van der Waals surface area contributed by atoms with Gasteiger partial charge in [0.1, 0.15) is 0 Å². The number of nitrogens with one attached hydrogen (secondary N) is 1. The van der Waals surface area contributed by atoms with Crippen LogP contribution in [0.3, 0.4) is 0 Å². The van der Waals surface area contributed by atoms with Gasteiger partial charge in [-0.3, -0.25) is 10.1 Å². The van der Waals surface area contributed by atoms with E-state index in [1.165, 1.54) is 35.9 Å². The third-order valence-corrected chi connectivity index (χ3v) is 5.11. The number of nitrogens with zero attached hydrogens (tertiary/aromatic N) is 3. The minimum absolute atomic E-state index is 0.0904. The Hall–Kier alpha value is -2.67. The third-order valence-electron chi connectivity index (χ3n) is 4.17. The van der Waals surface area contributed by atoms with Gasteiger partial charge in [0.15, 0.2) is 5.13 Å². The molecule has 2 aromatic carbocycles. The minimum Gasteiger partial charge on any atom is -0.372 e. The molecule has 0 bridgehead atoms. The second-order valence-corrected chi connectivity index (χ2v) is 6.82. The van der Waals surface area contributed by atoms with Crippen molar-refractivity contribution in [2.45, 2.75) is 12.8 Å². The first-order valence-corrected chi connectivity index (χ1v) is 8.68. The molecule has 1 aromatic heterocycles. The van der Waals surface area contributed by atoms with E-state index >= 15 is 0 Å². The Balaban J connectivity index is 1.54. The zero-order chi connectivity index (χ0) is 16.5. The molecule has 1 saturated heterocycles. The van der Waals surface area contributed by atoms with Crippen LogP contribution in [0, 0.1) is 10.1 Å². The van der Waals surface area contributed by atoms with Crippen molar-refractivity contribution in [1.82, 2.24) is 4.98 Å². The van der Waals surface area contributed by atoms with E-state index in [4.69, 9.17) is 0 Å². The van der Waals surface area contributed by atoms with Gasteiger partial charge in [-0.05, 0) is 43.2 Å². The van der Waals surface area contributed by atoms with Crippen LogP contribution in [0.5, 0.6) is 0 Å². The quantitative estimate of drug-likeness (QED) is 0.557. The van der Waals surface area contributed by atoms with Crippen LogP contribution in [-0.4, -0.2) is 23.0 Å². The summed E-state index contributed by atoms with van der Waals surface area (Å²) in [4.78, 5) is 17.3. The molecule has 0 saturated carbocycles. The van der Waals surface area contributed by atoms with Gasteiger partial charge in [0.25, 0.3) is 5.69 Å². The van der Waals surface area contributed by atoms with E-state index < -0.39 is 0 Å². The lowest BCUT2D eigenvalue weighted by Gasteiger charge is -2.17. The summed E-state index contributed by atoms with van der Waals surface area (Å²) in [6.45, 7) is 2.26. The molecule has 24 heavy (non-hydrogen) atoms. The van der Waals surface area contributed by atoms with Gasteiger partial charge in [0.2, 0.25) is 0 Å². The molecule has 1 N–H and O–H groups in total. The number of nitro groups is 1. The molecule has 1 fully saturated rings. The Morgan fingerprint density at radius 1 is 1.12 bits per heavy atom. The lowest BCUT2D eigenvalue weighted by atomic mass is 10.2. The number of anilines is 3. The van der Waals surface area contributed by atoms with E-state index in [0.717, 1.165) is 34.1 Å². The summed E-state index contributed by atoms with van der Waals surface area (Å²) >= 11 is 1.42. The molecule has 1 aliphatic heterocycles. The first-order chi connectivity index (χ1) is 11.7. The third kappa shape index (κ3) is 2.90. The SMILES string of the molecule is O=[N+]([O-])c1ccc2nc(Nc3ccc(N4CCCC4)cc3)sc2c1. The van der Waals surface area contributed by atoms with Crippen molar-refractivity contribution in [3.05, 3.63) is 52.6 Å². The number of aromatic nitrogens is 1. The van der Waals surface area contributed by atoms with Crippen LogP contribution in [0.1, 0.15) is 12.8 Å². The summed E-state index contributed by atoms with van der Waals surface area (Å²) in [6, 6.07) is 13.1. The maximum absolute atomic E-state index is 10.9. The average molecular weight is 340 g/mol. The Labute approximate surface area is 142 Å². The summed E-state index contributed by atoms with van der Waals surface area (Å²) in [5.41, 5.74) is 3.07. The molecule has 0 amide bonds. The van der Waals surface area contributed by atoms with E-state index in [9.17, 15) is 10.1 Å². The van der Waals surface area contributed by atoms with Gasteiger partial charge >= 0.3 is 0 Å². The van der Waals surface area contributed by atoms with Crippen LogP contribution in [0.4, 0.5) is 22.2 Å². The fourth-order valence-corrected chi connectivity index (χ4v) is 3.85. The summed E-state index contributed by atoms with van der Waals surface area (Å²) < 4.78 is 0.806. The highest BCUT2D eigenvalue weighted by atomic mass is 32.1. The topological polar surface area (TPSA) is 71.3 Å². The zero-order valence-electron chi connectivity index (χ0n) is 12.9. The number of nitro benzene ring substituents is 1. The predicted molar refractivity (Wildman–Crippen MR) is 97.4 cm³/mol. The molecule has 4 rings (SSSR count). The van der Waals surface area contributed by atoms with Crippen molar-refractivity contribution in [3.63, 3.8) is 0 Å². The van der Waals surface area contributed by atoms with Gasteiger partial charge in [0, 0.05) is 36.6 Å². The van der Waals surface area contributed by atoms with Gasteiger partial charge in [-0.15, -0.1) is 0 Å². The maximum atomic E-state index is 10.9. The summed E-state index contributed by atoms with van der Waals surface area (Å²) in [6.07, 6.45) is 2.52. The Bertz CT molecular complexity index is 885. The zero-order valence-corrected chi connectivity index (χ0v) is 13.8. The number of benzene rings is 2. The maximum Gasteiger partial charge on any atom is 0.270 e. The second-order valence-electron chi connectivity index (χ2n) is 5.79. The van der Waals surface area contributed by atoms with E-state index in [-0.39, 0.29) is 10.6 Å². The Morgan fingerprint density at radius 2 is 1.88 bits per heavy atom. The molecule has 0 aliphatic carbocycles. The largest absolute Gasteiger partial charge is 0.372 e. The van der Waals surface area contributed by atoms with Crippen LogP contribution in [0.15, 0.2) is 42.5 Å². The minimum atomic E-state index is -0.386. The van der Waals surface area contributed by atoms with Crippen molar-refractivity contribution in [1.29, 1.82) is 0 Å². The normalized spacial score (nSPS) is 14.2. The van der Waals surface area contributed by atoms with Crippen molar-refractivity contribution >= 4 is 43.7 Å². The molecule has 1 aliphatic rings. The Kier molecular flexibility index (Phi) is 3.78. The highest BCUT2D eigenvalue weighted by Crippen LogP contribution is 2.31. The summed E-state index contributed by atoms with van der Waals surface area (Å²) in [7, 11) is 0. The van der Waals surface area contributed by atoms with Gasteiger partial charge < -0.3 is 10.2 Å². The average Bonchev–Trinajstić information content (AvgIpc) is 3.24. The molecule has 2 heterocycles. The molecule has 0 atom stereocenters. The van der Waals surface area contributed by atoms with Crippen molar-refractivity contribution in [3.8, 4) is 0 Å². The molecular weight excluding hydrogens is 324 g/mol. The number of thiazole rings is 1. The van der Waals surface area contributed by atoms with Crippen LogP contribution < -0.4 is 10.2 Å². The molecule has 0 radical (unpaired) electrons. The van der Waals surface area contributed by atoms with Gasteiger partial charge in [-0.25, -0.2) is 4.98 Å². The summed E-state index contributed by atoms with van der Waals surface area (Å²) in [5, 5.41) is 14.9. The fourth-order valence-electron chi connectivity index (χ4n) is 2.93. The van der Waals surface area contributed by atoms with E-state index in [2.05, 4.69) is 27.3 Å². The van der Waals surface area contributed by atoms with Crippen LogP contribution in [0.25, 0.3) is 10.2 Å². The first-order valence-electron chi connectivity index (χ1n) is 7.86. The van der Waals surface area contributed by atoms with Crippen LogP contribution >= 0.6 is 11.3 Å². The van der Waals surface area contributed by atoms with Gasteiger partial charge in [0.05, 0.1) is 15.1 Å². The van der Waals surface area contributed by atoms with E-state index in [0.29, 0.717) is 0 Å². The first kappa shape index (κ1) is 14.9. The monoisotopic (exact) mass is 340 g/mol. The van der Waals surface area contributed by atoms with E-state index in [1.807, 2.05) is 12.1 Å². The standard InChI is InChI=1S/C17H16N4O2S/c22-21(23)14-7-8-15-16(11-14)24-17(19-15)18-12-3-5-13(6-4-12)20-9-1-2-10-20/h3-8,11H,1-2,9-10H2,(H,18,19). The van der Waals surface area contributed by atoms with Gasteiger partial charge in [-0.1, -0.05) is 11.3 Å². The van der Waals surface area contributed by atoms with Crippen LogP contribution in [-0.2, 0) is 0 Å². The highest BCUT2D eigenvalue weighted by Gasteiger charge is 2.13. The fraction of sp³-hybridized carbons (Fsp3) is 0.235. The number of rotatable bonds is 4. The molecule has 122 valence electrons. The van der Waals surface area contributed by atoms with E-state index in [1.54, 1.807) is 12.1 Å².